The molecule has 1 aliphatic rings. The predicted octanol–water partition coefficient (Wildman–Crippen LogP) is 1.46. The van der Waals surface area contributed by atoms with E-state index in [4.69, 9.17) is 21.1 Å². The molecule has 0 aromatic carbocycles. The largest absolute Gasteiger partial charge is 0.373 e. The molecule has 0 saturated carbocycles. The maximum atomic E-state index is 5.69. The number of halogens is 1. The molecule has 0 aromatic rings. The Morgan fingerprint density at radius 3 is 2.83 bits per heavy atom. The van der Waals surface area contributed by atoms with Crippen molar-refractivity contribution in [3.63, 3.8) is 0 Å². The molecule has 0 unspecified atom stereocenters. The highest BCUT2D eigenvalue weighted by atomic mass is 35.5. The molecule has 0 N–H and O–H groups in total. The summed E-state index contributed by atoms with van der Waals surface area (Å²) in [7, 11) is 0. The lowest BCUT2D eigenvalue weighted by Gasteiger charge is -2.30. The first-order chi connectivity index (χ1) is 5.88. The third-order valence-corrected chi connectivity index (χ3v) is 1.99. The van der Waals surface area contributed by atoms with Crippen molar-refractivity contribution in [2.75, 3.05) is 19.1 Å². The summed E-state index contributed by atoms with van der Waals surface area (Å²) in [5.74, 6) is 0.464. The Hall–Kier alpha value is 0.210. The summed E-state index contributed by atoms with van der Waals surface area (Å²) >= 11 is 5.69. The number of rotatable bonds is 4. The zero-order valence-corrected chi connectivity index (χ0v) is 7.67. The molecule has 0 bridgehead atoms. The van der Waals surface area contributed by atoms with E-state index in [9.17, 15) is 0 Å². The fourth-order valence-corrected chi connectivity index (χ4v) is 1.35. The highest BCUT2D eigenvalue weighted by Gasteiger charge is 2.25. The van der Waals surface area contributed by atoms with Crippen LogP contribution >= 0.6 is 11.6 Å². The first-order valence-corrected chi connectivity index (χ1v) is 4.50. The topological polar surface area (TPSA) is 18.5 Å². The van der Waals surface area contributed by atoms with Crippen LogP contribution in [0.1, 0.15) is 0 Å². The van der Waals surface area contributed by atoms with Gasteiger partial charge in [-0.15, -0.1) is 11.6 Å². The van der Waals surface area contributed by atoms with Gasteiger partial charge < -0.3 is 9.47 Å². The molecule has 2 nitrogen and oxygen atoms in total. The second-order valence-corrected chi connectivity index (χ2v) is 2.83. The third kappa shape index (κ3) is 2.92. The van der Waals surface area contributed by atoms with Gasteiger partial charge in [0.25, 0.3) is 0 Å². The molecule has 1 fully saturated rings. The molecular weight excluding hydrogens is 176 g/mol. The van der Waals surface area contributed by atoms with E-state index in [2.05, 4.69) is 6.92 Å². The predicted molar refractivity (Wildman–Crippen MR) is 48.5 cm³/mol. The maximum Gasteiger partial charge on any atom is 0.0975 e. The summed E-state index contributed by atoms with van der Waals surface area (Å²) in [6, 6.07) is 0. The Labute approximate surface area is 79.2 Å². The normalized spacial score (nSPS) is 30.5. The molecule has 1 heterocycles. The zero-order chi connectivity index (χ0) is 8.81. The number of ether oxygens (including phenoxy) is 2. The number of unbranched alkanes of at least 4 members (excludes halogenated alkanes) is 1. The second kappa shape index (κ2) is 5.79. The number of hydrogen-bond acceptors (Lipinski definition) is 2. The quantitative estimate of drug-likeness (QED) is 0.622. The highest BCUT2D eigenvalue weighted by Crippen LogP contribution is 2.15. The Kier molecular flexibility index (Phi) is 4.96. The van der Waals surface area contributed by atoms with Gasteiger partial charge in [-0.25, -0.2) is 0 Å². The van der Waals surface area contributed by atoms with Gasteiger partial charge in [0, 0.05) is 0 Å². The average Bonchev–Trinajstić information content (AvgIpc) is 2.15. The SMILES string of the molecule is [CH2][CH][CH][CH][C@H]1OCCO[C@@H]1CCl. The Morgan fingerprint density at radius 2 is 2.17 bits per heavy atom. The van der Waals surface area contributed by atoms with Gasteiger partial charge in [-0.1, -0.05) is 0 Å². The molecule has 4 radical (unpaired) electrons. The van der Waals surface area contributed by atoms with Crippen LogP contribution in [0.25, 0.3) is 0 Å². The summed E-state index contributed by atoms with van der Waals surface area (Å²) < 4.78 is 10.8. The smallest absolute Gasteiger partial charge is 0.0975 e. The van der Waals surface area contributed by atoms with Gasteiger partial charge in [-0.05, 0) is 26.2 Å². The minimum Gasteiger partial charge on any atom is -0.373 e. The van der Waals surface area contributed by atoms with Crippen molar-refractivity contribution in [3.05, 3.63) is 26.2 Å². The van der Waals surface area contributed by atoms with E-state index in [1.165, 1.54) is 0 Å². The molecule has 0 spiro atoms. The van der Waals surface area contributed by atoms with E-state index in [0.29, 0.717) is 19.1 Å². The monoisotopic (exact) mass is 188 g/mol. The molecule has 0 amide bonds. The molecule has 0 aromatic heterocycles. The molecule has 1 rings (SSSR count). The Balaban J connectivity index is 2.26. The van der Waals surface area contributed by atoms with Gasteiger partial charge in [-0.3, -0.25) is 0 Å². The van der Waals surface area contributed by atoms with Crippen LogP contribution in [0.5, 0.6) is 0 Å². The fourth-order valence-electron chi connectivity index (χ4n) is 1.09. The highest BCUT2D eigenvalue weighted by molar-refractivity contribution is 6.18. The lowest BCUT2D eigenvalue weighted by Crippen LogP contribution is -2.40. The first kappa shape index (κ1) is 10.3. The van der Waals surface area contributed by atoms with Crippen molar-refractivity contribution in [1.29, 1.82) is 0 Å². The molecule has 3 heteroatoms. The molecule has 0 aliphatic carbocycles. The van der Waals surface area contributed by atoms with E-state index < -0.39 is 0 Å². The van der Waals surface area contributed by atoms with Crippen LogP contribution in [0.2, 0.25) is 0 Å². The van der Waals surface area contributed by atoms with Gasteiger partial charge in [0.1, 0.15) is 0 Å². The third-order valence-electron chi connectivity index (χ3n) is 1.68. The molecule has 2 atom stereocenters. The number of alkyl halides is 1. The van der Waals surface area contributed by atoms with Crippen LogP contribution in [0.15, 0.2) is 0 Å². The van der Waals surface area contributed by atoms with E-state index >= 15 is 0 Å². The van der Waals surface area contributed by atoms with Crippen LogP contribution in [0, 0.1) is 26.2 Å². The maximum absolute atomic E-state index is 5.69. The average molecular weight is 189 g/mol. The Bertz CT molecular complexity index is 119. The summed E-state index contributed by atoms with van der Waals surface area (Å²) in [6.45, 7) is 4.85. The van der Waals surface area contributed by atoms with E-state index in [0.717, 1.165) is 0 Å². The zero-order valence-electron chi connectivity index (χ0n) is 6.91. The standard InChI is InChI=1S/C9H13ClO2/c1-2-3-4-8-9(7-10)12-6-5-11-8/h2-4,8-9H,1,5-7H2/t8-,9-/m1/s1. The van der Waals surface area contributed by atoms with Crippen molar-refractivity contribution >= 4 is 11.6 Å². The van der Waals surface area contributed by atoms with Crippen molar-refractivity contribution in [2.24, 2.45) is 0 Å². The van der Waals surface area contributed by atoms with Gasteiger partial charge in [0.2, 0.25) is 0 Å². The summed E-state index contributed by atoms with van der Waals surface area (Å²) in [5.41, 5.74) is 0. The van der Waals surface area contributed by atoms with Gasteiger partial charge in [-0.2, -0.15) is 0 Å². The lowest BCUT2D eigenvalue weighted by molar-refractivity contribution is -0.116. The molecule has 68 valence electrons. The van der Waals surface area contributed by atoms with Gasteiger partial charge >= 0.3 is 0 Å². The van der Waals surface area contributed by atoms with Crippen LogP contribution in [-0.4, -0.2) is 31.3 Å². The molecular formula is C9H13ClO2. The van der Waals surface area contributed by atoms with Crippen LogP contribution < -0.4 is 0 Å². The van der Waals surface area contributed by atoms with Crippen molar-refractivity contribution in [2.45, 2.75) is 12.2 Å². The minimum absolute atomic E-state index is 0.0170. The lowest BCUT2D eigenvalue weighted by atomic mass is 10.1. The first-order valence-electron chi connectivity index (χ1n) is 3.97. The fraction of sp³-hybridized carbons (Fsp3) is 0.556. The molecule has 1 aliphatic heterocycles. The molecule has 12 heavy (non-hydrogen) atoms. The van der Waals surface area contributed by atoms with E-state index in [1.54, 1.807) is 6.42 Å². The van der Waals surface area contributed by atoms with Crippen LogP contribution in [0.3, 0.4) is 0 Å². The number of hydrogen-bond donors (Lipinski definition) is 0. The van der Waals surface area contributed by atoms with Crippen molar-refractivity contribution in [3.8, 4) is 0 Å². The van der Waals surface area contributed by atoms with E-state index in [-0.39, 0.29) is 12.2 Å². The summed E-state index contributed by atoms with van der Waals surface area (Å²) in [6.07, 6.45) is 5.44. The minimum atomic E-state index is -0.0192. The summed E-state index contributed by atoms with van der Waals surface area (Å²) in [5, 5.41) is 0. The molecule has 1 saturated heterocycles. The van der Waals surface area contributed by atoms with Crippen LogP contribution in [0.4, 0.5) is 0 Å². The second-order valence-electron chi connectivity index (χ2n) is 2.52. The van der Waals surface area contributed by atoms with Crippen LogP contribution in [-0.2, 0) is 9.47 Å². The van der Waals surface area contributed by atoms with Gasteiger partial charge in [0.05, 0.1) is 31.3 Å². The Morgan fingerprint density at radius 1 is 1.42 bits per heavy atom. The van der Waals surface area contributed by atoms with E-state index in [1.807, 2.05) is 12.8 Å². The summed E-state index contributed by atoms with van der Waals surface area (Å²) in [4.78, 5) is 0. The van der Waals surface area contributed by atoms with Crippen molar-refractivity contribution in [1.82, 2.24) is 0 Å². The van der Waals surface area contributed by atoms with Crippen molar-refractivity contribution < 1.29 is 9.47 Å². The van der Waals surface area contributed by atoms with Gasteiger partial charge in [0.15, 0.2) is 0 Å².